The summed E-state index contributed by atoms with van der Waals surface area (Å²) in [4.78, 5) is 26.1. The van der Waals surface area contributed by atoms with Crippen molar-refractivity contribution in [2.24, 2.45) is 0 Å². The second kappa shape index (κ2) is 7.53. The van der Waals surface area contributed by atoms with Gasteiger partial charge >= 0.3 is 0 Å². The van der Waals surface area contributed by atoms with E-state index in [1.165, 1.54) is 11.3 Å². The summed E-state index contributed by atoms with van der Waals surface area (Å²) in [7, 11) is 0. The Bertz CT molecular complexity index is 481. The van der Waals surface area contributed by atoms with Crippen LogP contribution in [0.4, 0.5) is 0 Å². The number of hydrogen-bond acceptors (Lipinski definition) is 4. The molecule has 5 nitrogen and oxygen atoms in total. The highest BCUT2D eigenvalue weighted by atomic mass is 79.9. The highest BCUT2D eigenvalue weighted by molar-refractivity contribution is 9.13. The monoisotopic (exact) mass is 424 g/mol. The molecule has 1 N–H and O–H groups in total. The molecule has 2 rings (SSSR count). The van der Waals surface area contributed by atoms with Gasteiger partial charge in [-0.05, 0) is 37.9 Å². The molecule has 2 heterocycles. The average molecular weight is 426 g/mol. The normalized spacial score (nSPS) is 15.2. The fraction of sp³-hybridized carbons (Fsp3) is 0.500. The fourth-order valence-corrected chi connectivity index (χ4v) is 3.75. The molecule has 0 radical (unpaired) electrons. The van der Waals surface area contributed by atoms with Crippen molar-refractivity contribution in [2.45, 2.75) is 6.42 Å². The third kappa shape index (κ3) is 4.28. The summed E-state index contributed by atoms with van der Waals surface area (Å²) in [5, 5.41) is 2.76. The number of carbonyl (C=O) groups excluding carboxylic acids is 2. The number of amides is 2. The maximum Gasteiger partial charge on any atom is 0.261 e. The highest BCUT2D eigenvalue weighted by Crippen LogP contribution is 2.32. The predicted octanol–water partition coefficient (Wildman–Crippen LogP) is 2.25. The summed E-state index contributed by atoms with van der Waals surface area (Å²) in [5.41, 5.74) is 0. The van der Waals surface area contributed by atoms with Crippen LogP contribution in [0.3, 0.4) is 0 Å². The van der Waals surface area contributed by atoms with E-state index in [-0.39, 0.29) is 11.8 Å². The summed E-state index contributed by atoms with van der Waals surface area (Å²) in [6, 6.07) is 1.76. The Hall–Kier alpha value is -0.440. The molecule has 1 saturated heterocycles. The third-order valence-electron chi connectivity index (χ3n) is 2.86. The number of morpholine rings is 1. The maximum absolute atomic E-state index is 11.9. The minimum atomic E-state index is -0.156. The van der Waals surface area contributed by atoms with Gasteiger partial charge in [0.2, 0.25) is 5.91 Å². The van der Waals surface area contributed by atoms with E-state index < -0.39 is 0 Å². The van der Waals surface area contributed by atoms with Crippen LogP contribution in [0.25, 0.3) is 0 Å². The molecule has 110 valence electrons. The Morgan fingerprint density at radius 2 is 2.05 bits per heavy atom. The first-order chi connectivity index (χ1) is 9.58. The number of rotatable bonds is 4. The highest BCUT2D eigenvalue weighted by Gasteiger charge is 2.17. The second-order valence-electron chi connectivity index (χ2n) is 4.23. The molecule has 20 heavy (non-hydrogen) atoms. The molecule has 2 amide bonds. The van der Waals surface area contributed by atoms with Gasteiger partial charge in [0, 0.05) is 30.5 Å². The summed E-state index contributed by atoms with van der Waals surface area (Å²) >= 11 is 8.04. The van der Waals surface area contributed by atoms with Gasteiger partial charge in [0.05, 0.1) is 21.9 Å². The molecule has 0 atom stereocenters. The van der Waals surface area contributed by atoms with Gasteiger partial charge in [-0.3, -0.25) is 9.59 Å². The molecular weight excluding hydrogens is 412 g/mol. The lowest BCUT2D eigenvalue weighted by molar-refractivity contribution is -0.135. The van der Waals surface area contributed by atoms with Gasteiger partial charge in [0.1, 0.15) is 0 Å². The van der Waals surface area contributed by atoms with Gasteiger partial charge in [-0.25, -0.2) is 0 Å². The zero-order valence-corrected chi connectivity index (χ0v) is 14.6. The van der Waals surface area contributed by atoms with Crippen LogP contribution in [-0.4, -0.2) is 49.6 Å². The molecule has 0 aliphatic carbocycles. The van der Waals surface area contributed by atoms with Crippen molar-refractivity contribution >= 4 is 55.0 Å². The third-order valence-corrected chi connectivity index (χ3v) is 6.11. The summed E-state index contributed by atoms with van der Waals surface area (Å²) in [5.74, 6) is -0.0988. The first-order valence-electron chi connectivity index (χ1n) is 6.16. The van der Waals surface area contributed by atoms with Gasteiger partial charge < -0.3 is 15.0 Å². The molecule has 1 aromatic heterocycles. The zero-order chi connectivity index (χ0) is 14.5. The lowest BCUT2D eigenvalue weighted by Gasteiger charge is -2.26. The predicted molar refractivity (Wildman–Crippen MR) is 84.1 cm³/mol. The first-order valence-corrected chi connectivity index (χ1v) is 8.56. The van der Waals surface area contributed by atoms with Crippen molar-refractivity contribution in [2.75, 3.05) is 32.8 Å². The summed E-state index contributed by atoms with van der Waals surface area (Å²) in [6.07, 6.45) is 0.319. The standard InChI is InChI=1S/C12H14Br2N2O3S/c13-8-7-9(20-11(8)14)12(18)15-2-1-10(17)16-3-5-19-6-4-16/h7H,1-6H2,(H,15,18). The van der Waals surface area contributed by atoms with E-state index in [0.29, 0.717) is 44.1 Å². The van der Waals surface area contributed by atoms with Crippen molar-refractivity contribution in [3.05, 3.63) is 19.2 Å². The van der Waals surface area contributed by atoms with Crippen molar-refractivity contribution in [3.63, 3.8) is 0 Å². The Labute approximate surface area is 137 Å². The van der Waals surface area contributed by atoms with Crippen LogP contribution in [0.5, 0.6) is 0 Å². The molecule has 1 aliphatic rings. The smallest absolute Gasteiger partial charge is 0.261 e. The van der Waals surface area contributed by atoms with Crippen LogP contribution in [0.15, 0.2) is 14.3 Å². The number of ether oxygens (including phenoxy) is 1. The zero-order valence-electron chi connectivity index (χ0n) is 10.7. The Morgan fingerprint density at radius 1 is 1.35 bits per heavy atom. The lowest BCUT2D eigenvalue weighted by Crippen LogP contribution is -2.41. The van der Waals surface area contributed by atoms with Gasteiger partial charge in [-0.1, -0.05) is 0 Å². The van der Waals surface area contributed by atoms with Crippen LogP contribution >= 0.6 is 43.2 Å². The Kier molecular flexibility index (Phi) is 6.01. The van der Waals surface area contributed by atoms with Gasteiger partial charge in [-0.15, -0.1) is 11.3 Å². The van der Waals surface area contributed by atoms with Gasteiger partial charge in [0.25, 0.3) is 5.91 Å². The van der Waals surface area contributed by atoms with Crippen LogP contribution < -0.4 is 5.32 Å². The summed E-state index contributed by atoms with van der Waals surface area (Å²) in [6.45, 7) is 2.81. The van der Waals surface area contributed by atoms with E-state index in [0.717, 1.165) is 8.26 Å². The van der Waals surface area contributed by atoms with Gasteiger partial charge in [-0.2, -0.15) is 0 Å². The van der Waals surface area contributed by atoms with E-state index in [2.05, 4.69) is 37.2 Å². The number of nitrogens with zero attached hydrogens (tertiary/aromatic N) is 1. The van der Waals surface area contributed by atoms with Crippen molar-refractivity contribution in [1.29, 1.82) is 0 Å². The van der Waals surface area contributed by atoms with E-state index in [1.807, 2.05) is 0 Å². The Morgan fingerprint density at radius 3 is 2.65 bits per heavy atom. The van der Waals surface area contributed by atoms with E-state index in [9.17, 15) is 9.59 Å². The maximum atomic E-state index is 11.9. The number of halogens is 2. The quantitative estimate of drug-likeness (QED) is 0.804. The lowest BCUT2D eigenvalue weighted by atomic mass is 10.3. The molecule has 0 aromatic carbocycles. The van der Waals surface area contributed by atoms with Crippen molar-refractivity contribution in [1.82, 2.24) is 10.2 Å². The molecule has 1 aliphatic heterocycles. The topological polar surface area (TPSA) is 58.6 Å². The largest absolute Gasteiger partial charge is 0.378 e. The second-order valence-corrected chi connectivity index (χ2v) is 7.46. The van der Waals surface area contributed by atoms with Crippen LogP contribution in [0.2, 0.25) is 0 Å². The van der Waals surface area contributed by atoms with E-state index in [4.69, 9.17) is 4.74 Å². The minimum Gasteiger partial charge on any atom is -0.378 e. The van der Waals surface area contributed by atoms with Crippen LogP contribution in [0.1, 0.15) is 16.1 Å². The first kappa shape index (κ1) is 15.9. The molecule has 1 fully saturated rings. The van der Waals surface area contributed by atoms with E-state index in [1.54, 1.807) is 11.0 Å². The van der Waals surface area contributed by atoms with Crippen molar-refractivity contribution < 1.29 is 14.3 Å². The molecule has 8 heteroatoms. The number of nitrogens with one attached hydrogen (secondary N) is 1. The van der Waals surface area contributed by atoms with Crippen molar-refractivity contribution in [3.8, 4) is 0 Å². The number of hydrogen-bond donors (Lipinski definition) is 1. The van der Waals surface area contributed by atoms with Crippen LogP contribution in [0, 0.1) is 0 Å². The van der Waals surface area contributed by atoms with Gasteiger partial charge in [0.15, 0.2) is 0 Å². The summed E-state index contributed by atoms with van der Waals surface area (Å²) < 4.78 is 6.93. The average Bonchev–Trinajstić information content (AvgIpc) is 2.79. The molecule has 1 aromatic rings. The molecule has 0 unspecified atom stereocenters. The molecular formula is C12H14Br2N2O3S. The van der Waals surface area contributed by atoms with E-state index >= 15 is 0 Å². The molecule has 0 saturated carbocycles. The van der Waals surface area contributed by atoms with Crippen LogP contribution in [-0.2, 0) is 9.53 Å². The molecule has 0 spiro atoms. The number of thiophene rings is 1. The molecule has 0 bridgehead atoms. The minimum absolute atomic E-state index is 0.0575. The Balaban J connectivity index is 1.75. The number of carbonyl (C=O) groups is 2. The fourth-order valence-electron chi connectivity index (χ4n) is 1.80. The SMILES string of the molecule is O=C(NCCC(=O)N1CCOCC1)c1cc(Br)c(Br)s1.